The SMILES string of the molecule is C/C1=C\C=C/C(C)(c2ccc3c(Nc4ccccc4-c4ccc5c(c4)C4C=CC=CC4(C)C5(C)C)c4ccccc4c(-c4ccc5ccccc5c4)c3c2)Sc2ccccc21. The topological polar surface area (TPSA) is 12.0 Å². The second-order valence-electron chi connectivity index (χ2n) is 18.1. The van der Waals surface area contributed by atoms with E-state index >= 15 is 0 Å². The van der Waals surface area contributed by atoms with Crippen LogP contribution in [0.15, 0.2) is 199 Å². The van der Waals surface area contributed by atoms with Gasteiger partial charge in [0.25, 0.3) is 0 Å². The first-order valence-corrected chi connectivity index (χ1v) is 22.4. The standard InChI is InChI=1S/C59H49NS/c1-38-17-16-34-59(5,61-54-26-13-11-20-44(38)54)43-30-31-48-49(37-43)55(42-28-27-39-18-6-7-19-40(39)35-42)46-22-8-9-23-47(46)56(48)60-53-25-12-10-21-45(53)41-29-32-51-50(36-41)52-24-14-15-33-58(52,4)57(51,2)3/h6-37,52,60H,1-5H3/b34-16-,38-17+. The van der Waals surface area contributed by atoms with E-state index in [1.165, 1.54) is 87.3 Å². The first kappa shape index (κ1) is 37.6. The third-order valence-electron chi connectivity index (χ3n) is 14.4. The molecule has 1 nitrogen and oxygen atoms in total. The molecule has 3 aliphatic rings. The van der Waals surface area contributed by atoms with E-state index in [4.69, 9.17) is 0 Å². The summed E-state index contributed by atoms with van der Waals surface area (Å²) in [5, 5.41) is 11.5. The first-order valence-electron chi connectivity index (χ1n) is 21.6. The van der Waals surface area contributed by atoms with Crippen molar-refractivity contribution in [1.82, 2.24) is 0 Å². The van der Waals surface area contributed by atoms with Crippen molar-refractivity contribution >= 4 is 61.0 Å². The Balaban J connectivity index is 1.11. The maximum Gasteiger partial charge on any atom is 0.0610 e. The summed E-state index contributed by atoms with van der Waals surface area (Å²) < 4.78 is -0.310. The molecule has 11 rings (SSSR count). The fourth-order valence-corrected chi connectivity index (χ4v) is 12.0. The molecule has 296 valence electrons. The zero-order valence-corrected chi connectivity index (χ0v) is 36.3. The van der Waals surface area contributed by atoms with E-state index in [1.807, 2.05) is 11.8 Å². The number of anilines is 2. The van der Waals surface area contributed by atoms with Gasteiger partial charge in [0, 0.05) is 38.3 Å². The van der Waals surface area contributed by atoms with E-state index in [0.29, 0.717) is 5.92 Å². The van der Waals surface area contributed by atoms with Crippen LogP contribution in [0.5, 0.6) is 0 Å². The first-order chi connectivity index (χ1) is 29.6. The van der Waals surface area contributed by atoms with Crippen molar-refractivity contribution in [2.75, 3.05) is 5.32 Å². The van der Waals surface area contributed by atoms with Gasteiger partial charge in [0.1, 0.15) is 0 Å². The minimum Gasteiger partial charge on any atom is -0.354 e. The lowest BCUT2D eigenvalue weighted by Gasteiger charge is -2.41. The Kier molecular flexibility index (Phi) is 8.71. The molecule has 61 heavy (non-hydrogen) atoms. The number of rotatable bonds is 5. The van der Waals surface area contributed by atoms with Crippen molar-refractivity contribution in [2.24, 2.45) is 5.41 Å². The summed E-state index contributed by atoms with van der Waals surface area (Å²) in [6.07, 6.45) is 16.2. The van der Waals surface area contributed by atoms with Crippen LogP contribution in [0.4, 0.5) is 11.4 Å². The fraction of sp³-hybridized carbons (Fsp3) is 0.153. The smallest absolute Gasteiger partial charge is 0.0610 e. The van der Waals surface area contributed by atoms with Crippen LogP contribution in [0.3, 0.4) is 0 Å². The van der Waals surface area contributed by atoms with E-state index in [2.05, 4.69) is 234 Å². The molecule has 1 aliphatic heterocycles. The number of benzene rings is 8. The molecule has 8 aromatic rings. The number of hydrogen-bond donors (Lipinski definition) is 1. The van der Waals surface area contributed by atoms with Crippen LogP contribution in [-0.4, -0.2) is 0 Å². The minimum atomic E-state index is -0.310. The van der Waals surface area contributed by atoms with E-state index < -0.39 is 0 Å². The monoisotopic (exact) mass is 803 g/mol. The molecule has 1 heterocycles. The van der Waals surface area contributed by atoms with Crippen LogP contribution in [0.25, 0.3) is 60.1 Å². The molecule has 8 aromatic carbocycles. The predicted octanol–water partition coefficient (Wildman–Crippen LogP) is 16.7. The molecular formula is C59H49NS. The quantitative estimate of drug-likeness (QED) is 0.174. The maximum absolute atomic E-state index is 4.11. The average Bonchev–Trinajstić information content (AvgIpc) is 3.46. The van der Waals surface area contributed by atoms with Gasteiger partial charge in [0.05, 0.1) is 10.4 Å². The highest BCUT2D eigenvalue weighted by atomic mass is 32.2. The van der Waals surface area contributed by atoms with Crippen molar-refractivity contribution < 1.29 is 0 Å². The lowest BCUT2D eigenvalue weighted by atomic mass is 9.62. The highest BCUT2D eigenvalue weighted by Gasteiger charge is 2.53. The zero-order valence-electron chi connectivity index (χ0n) is 35.5. The average molecular weight is 804 g/mol. The summed E-state index contributed by atoms with van der Waals surface area (Å²) in [7, 11) is 0. The molecule has 3 atom stereocenters. The van der Waals surface area contributed by atoms with Crippen molar-refractivity contribution in [1.29, 1.82) is 0 Å². The van der Waals surface area contributed by atoms with Crippen molar-refractivity contribution in [3.05, 3.63) is 216 Å². The van der Waals surface area contributed by atoms with E-state index in [9.17, 15) is 0 Å². The van der Waals surface area contributed by atoms with Gasteiger partial charge < -0.3 is 5.32 Å². The Labute approximate surface area is 364 Å². The third-order valence-corrected chi connectivity index (χ3v) is 15.8. The Bertz CT molecular complexity index is 3230. The van der Waals surface area contributed by atoms with Gasteiger partial charge in [-0.1, -0.05) is 191 Å². The van der Waals surface area contributed by atoms with Crippen LogP contribution < -0.4 is 5.32 Å². The van der Waals surface area contributed by atoms with Gasteiger partial charge >= 0.3 is 0 Å². The minimum absolute atomic E-state index is 0.0222. The number of thioether (sulfide) groups is 1. The lowest BCUT2D eigenvalue weighted by Crippen LogP contribution is -2.36. The number of hydrogen-bond acceptors (Lipinski definition) is 2. The highest BCUT2D eigenvalue weighted by Crippen LogP contribution is 2.61. The summed E-state index contributed by atoms with van der Waals surface area (Å²) in [6, 6.07) is 56.7. The van der Waals surface area contributed by atoms with Crippen LogP contribution in [0.2, 0.25) is 0 Å². The van der Waals surface area contributed by atoms with Gasteiger partial charge in [-0.05, 0) is 110 Å². The number of fused-ring (bicyclic) bond motifs is 7. The molecule has 0 fully saturated rings. The molecule has 3 unspecified atom stereocenters. The van der Waals surface area contributed by atoms with Gasteiger partial charge in [-0.15, -0.1) is 11.8 Å². The van der Waals surface area contributed by atoms with Crippen molar-refractivity contribution in [3.8, 4) is 22.3 Å². The van der Waals surface area contributed by atoms with Crippen LogP contribution in [0.1, 0.15) is 62.8 Å². The summed E-state index contributed by atoms with van der Waals surface area (Å²) in [5.41, 5.74) is 13.9. The van der Waals surface area contributed by atoms with Gasteiger partial charge in [-0.25, -0.2) is 0 Å². The van der Waals surface area contributed by atoms with Gasteiger partial charge in [-0.2, -0.15) is 0 Å². The molecule has 0 aromatic heterocycles. The van der Waals surface area contributed by atoms with Crippen molar-refractivity contribution in [3.63, 3.8) is 0 Å². The van der Waals surface area contributed by atoms with E-state index in [1.54, 1.807) is 0 Å². The van der Waals surface area contributed by atoms with Gasteiger partial charge in [-0.3, -0.25) is 0 Å². The lowest BCUT2D eigenvalue weighted by molar-refractivity contribution is 0.245. The van der Waals surface area contributed by atoms with Crippen molar-refractivity contribution in [2.45, 2.75) is 55.6 Å². The summed E-state index contributed by atoms with van der Waals surface area (Å²) in [5.74, 6) is 0.341. The largest absolute Gasteiger partial charge is 0.354 e. The van der Waals surface area contributed by atoms with Crippen LogP contribution in [-0.2, 0) is 10.2 Å². The molecule has 0 saturated carbocycles. The molecular weight excluding hydrogens is 755 g/mol. The normalized spacial score (nSPS) is 22.5. The Morgan fingerprint density at radius 1 is 0.557 bits per heavy atom. The summed E-state index contributed by atoms with van der Waals surface area (Å²) in [4.78, 5) is 1.30. The van der Waals surface area contributed by atoms with E-state index in [-0.39, 0.29) is 15.6 Å². The summed E-state index contributed by atoms with van der Waals surface area (Å²) in [6.45, 7) is 11.8. The van der Waals surface area contributed by atoms with Gasteiger partial charge in [0.15, 0.2) is 0 Å². The molecule has 0 bridgehead atoms. The van der Waals surface area contributed by atoms with Crippen LogP contribution in [0, 0.1) is 5.41 Å². The number of nitrogens with one attached hydrogen (secondary N) is 1. The maximum atomic E-state index is 4.11. The second kappa shape index (κ2) is 14.1. The zero-order chi connectivity index (χ0) is 41.5. The highest BCUT2D eigenvalue weighted by molar-refractivity contribution is 8.00. The van der Waals surface area contributed by atoms with E-state index in [0.717, 1.165) is 11.4 Å². The summed E-state index contributed by atoms with van der Waals surface area (Å²) >= 11 is 1.94. The number of para-hydroxylation sites is 1. The Morgan fingerprint density at radius 2 is 1.28 bits per heavy atom. The Hall–Kier alpha value is -6.35. The van der Waals surface area contributed by atoms with Gasteiger partial charge in [0.2, 0.25) is 0 Å². The molecule has 0 saturated heterocycles. The second-order valence-corrected chi connectivity index (χ2v) is 19.6. The molecule has 2 aliphatic carbocycles. The molecule has 0 amide bonds. The molecule has 2 heteroatoms. The Morgan fingerprint density at radius 3 is 2.15 bits per heavy atom. The molecule has 0 radical (unpaired) electrons. The fourth-order valence-electron chi connectivity index (χ4n) is 10.6. The predicted molar refractivity (Wildman–Crippen MR) is 264 cm³/mol. The number of allylic oxidation sites excluding steroid dienone is 7. The van der Waals surface area contributed by atoms with Crippen LogP contribution >= 0.6 is 11.8 Å². The molecule has 0 spiro atoms. The molecule has 1 N–H and O–H groups in total. The third kappa shape index (κ3) is 5.91.